The number of rotatable bonds is 6. The molecule has 1 aromatic heterocycles. The zero-order valence-corrected chi connectivity index (χ0v) is 21.9. The second-order valence-corrected chi connectivity index (χ2v) is 8.62. The Kier molecular flexibility index (Phi) is 12.3. The molecule has 7 heteroatoms. The van der Waals surface area contributed by atoms with Gasteiger partial charge < -0.3 is 15.0 Å². The minimum Gasteiger partial charge on any atom is -0.379 e. The summed E-state index contributed by atoms with van der Waals surface area (Å²) in [4.78, 5) is 15.6. The Morgan fingerprint density at radius 2 is 1.82 bits per heavy atom. The van der Waals surface area contributed by atoms with Crippen molar-refractivity contribution in [1.82, 2.24) is 15.2 Å². The molecule has 4 rings (SSSR count). The molecular formula is C26H33BrClN3O2. The van der Waals surface area contributed by atoms with Crippen molar-refractivity contribution >= 4 is 57.0 Å². The minimum absolute atomic E-state index is 0.737. The van der Waals surface area contributed by atoms with E-state index >= 15 is 0 Å². The molecule has 33 heavy (non-hydrogen) atoms. The van der Waals surface area contributed by atoms with Gasteiger partial charge in [0, 0.05) is 52.3 Å². The van der Waals surface area contributed by atoms with E-state index in [0.717, 1.165) is 72.1 Å². The summed E-state index contributed by atoms with van der Waals surface area (Å²) in [6, 6.07) is 14.1. The molecule has 1 aliphatic rings. The first-order valence-electron chi connectivity index (χ1n) is 11.3. The van der Waals surface area contributed by atoms with Gasteiger partial charge in [-0.1, -0.05) is 65.7 Å². The van der Waals surface area contributed by atoms with Crippen LogP contribution in [0.3, 0.4) is 0 Å². The van der Waals surface area contributed by atoms with Crippen molar-refractivity contribution in [2.45, 2.75) is 20.8 Å². The van der Waals surface area contributed by atoms with Crippen LogP contribution in [0.5, 0.6) is 0 Å². The summed E-state index contributed by atoms with van der Waals surface area (Å²) in [5, 5.41) is 4.64. The number of carbonyl (C=O) groups is 1. The summed E-state index contributed by atoms with van der Waals surface area (Å²) in [7, 11) is 0. The van der Waals surface area contributed by atoms with Crippen molar-refractivity contribution in [3.05, 3.63) is 68.8 Å². The Hall–Kier alpha value is -2.12. The van der Waals surface area contributed by atoms with Gasteiger partial charge in [0.1, 0.15) is 0 Å². The summed E-state index contributed by atoms with van der Waals surface area (Å²) >= 11 is 9.39. The molecule has 1 aliphatic heterocycles. The van der Waals surface area contributed by atoms with Crippen molar-refractivity contribution in [2.24, 2.45) is 0 Å². The number of hydrogen-bond acceptors (Lipinski definition) is 3. The number of nitrogens with one attached hydrogen (secondary N) is 2. The molecule has 2 N–H and O–H groups in total. The number of nitrogens with zero attached hydrogens (tertiary/aromatic N) is 1. The number of H-pyrrole nitrogens is 1. The molecule has 5 nitrogen and oxygen atoms in total. The average Bonchev–Trinajstić information content (AvgIpc) is 3.16. The van der Waals surface area contributed by atoms with E-state index in [2.05, 4.69) is 68.4 Å². The standard InChI is InChI=1S/C17H13BrClN.C7H14N2O2.C2H6/c1-11-15-8-5-13(18)10-17(15)20-16(11)9-4-12-2-6-14(19)7-3-12;10-7-8-1-2-9-3-5-11-6-4-9;1-2/h2-10,20H,1H3;7H,1-6H2,(H,8,10);1-2H3/b9-4+;;. The van der Waals surface area contributed by atoms with Gasteiger partial charge >= 0.3 is 0 Å². The highest BCUT2D eigenvalue weighted by Gasteiger charge is 2.08. The van der Waals surface area contributed by atoms with E-state index in [1.807, 2.05) is 38.1 Å². The molecule has 0 spiro atoms. The predicted molar refractivity (Wildman–Crippen MR) is 144 cm³/mol. The molecule has 2 aromatic carbocycles. The number of amides is 1. The molecule has 0 bridgehead atoms. The summed E-state index contributed by atoms with van der Waals surface area (Å²) in [5.74, 6) is 0. The first-order valence-corrected chi connectivity index (χ1v) is 12.4. The minimum atomic E-state index is 0.737. The van der Waals surface area contributed by atoms with Gasteiger partial charge in [-0.05, 0) is 48.4 Å². The van der Waals surface area contributed by atoms with Crippen molar-refractivity contribution in [1.29, 1.82) is 0 Å². The van der Waals surface area contributed by atoms with E-state index in [1.165, 1.54) is 10.9 Å². The van der Waals surface area contributed by atoms with E-state index in [4.69, 9.17) is 16.3 Å². The van der Waals surface area contributed by atoms with Crippen LogP contribution in [-0.2, 0) is 9.53 Å². The molecule has 0 radical (unpaired) electrons. The number of hydrogen-bond donors (Lipinski definition) is 2. The highest BCUT2D eigenvalue weighted by molar-refractivity contribution is 9.10. The first-order chi connectivity index (χ1) is 16.1. The molecule has 0 atom stereocenters. The number of halogens is 2. The molecule has 1 fully saturated rings. The Morgan fingerprint density at radius 3 is 2.48 bits per heavy atom. The zero-order chi connectivity index (χ0) is 24.1. The van der Waals surface area contributed by atoms with Crippen molar-refractivity contribution < 1.29 is 9.53 Å². The average molecular weight is 535 g/mol. The summed E-state index contributed by atoms with van der Waals surface area (Å²) in [6.07, 6.45) is 4.93. The van der Waals surface area contributed by atoms with E-state index in [9.17, 15) is 4.79 Å². The number of ether oxygens (including phenoxy) is 1. The largest absolute Gasteiger partial charge is 0.379 e. The van der Waals surface area contributed by atoms with Gasteiger partial charge in [0.2, 0.25) is 6.41 Å². The van der Waals surface area contributed by atoms with E-state index in [0.29, 0.717) is 0 Å². The monoisotopic (exact) mass is 533 g/mol. The predicted octanol–water partition coefficient (Wildman–Crippen LogP) is 6.15. The molecule has 3 aromatic rings. The van der Waals surface area contributed by atoms with Crippen LogP contribution in [0.2, 0.25) is 5.02 Å². The van der Waals surface area contributed by atoms with E-state index < -0.39 is 0 Å². The van der Waals surface area contributed by atoms with Crippen LogP contribution in [0.25, 0.3) is 23.1 Å². The highest BCUT2D eigenvalue weighted by Crippen LogP contribution is 2.26. The van der Waals surface area contributed by atoms with Crippen molar-refractivity contribution in [3.63, 3.8) is 0 Å². The van der Waals surface area contributed by atoms with Crippen LogP contribution >= 0.6 is 27.5 Å². The quantitative estimate of drug-likeness (QED) is 0.294. The second-order valence-electron chi connectivity index (χ2n) is 7.26. The van der Waals surface area contributed by atoms with Crippen LogP contribution < -0.4 is 5.32 Å². The molecule has 0 aliphatic carbocycles. The lowest BCUT2D eigenvalue weighted by molar-refractivity contribution is -0.109. The normalized spacial score (nSPS) is 13.7. The lowest BCUT2D eigenvalue weighted by Crippen LogP contribution is -2.40. The number of morpholine rings is 1. The molecule has 0 saturated carbocycles. The fraction of sp³-hybridized carbons (Fsp3) is 0.346. The maximum absolute atomic E-state index is 9.89. The molecule has 178 valence electrons. The zero-order valence-electron chi connectivity index (χ0n) is 19.5. The molecule has 0 unspecified atom stereocenters. The van der Waals surface area contributed by atoms with Gasteiger partial charge in [-0.25, -0.2) is 0 Å². The Labute approximate surface area is 210 Å². The maximum Gasteiger partial charge on any atom is 0.207 e. The van der Waals surface area contributed by atoms with Crippen molar-refractivity contribution in [3.8, 4) is 0 Å². The fourth-order valence-corrected chi connectivity index (χ4v) is 3.84. The highest BCUT2D eigenvalue weighted by atomic mass is 79.9. The Balaban J connectivity index is 0.000000252. The molecule has 1 saturated heterocycles. The fourth-order valence-electron chi connectivity index (χ4n) is 3.36. The number of fused-ring (bicyclic) bond motifs is 1. The lowest BCUT2D eigenvalue weighted by atomic mass is 10.1. The Morgan fingerprint density at radius 1 is 1.12 bits per heavy atom. The van der Waals surface area contributed by atoms with Gasteiger partial charge in [0.15, 0.2) is 0 Å². The summed E-state index contributed by atoms with van der Waals surface area (Å²) in [6.45, 7) is 11.4. The number of benzene rings is 2. The number of aromatic amines is 1. The topological polar surface area (TPSA) is 57.4 Å². The third-order valence-corrected chi connectivity index (χ3v) is 5.88. The van der Waals surface area contributed by atoms with Gasteiger partial charge in [-0.15, -0.1) is 0 Å². The summed E-state index contributed by atoms with van der Waals surface area (Å²) < 4.78 is 6.26. The maximum atomic E-state index is 9.89. The smallest absolute Gasteiger partial charge is 0.207 e. The van der Waals surface area contributed by atoms with E-state index in [1.54, 1.807) is 0 Å². The van der Waals surface area contributed by atoms with Crippen molar-refractivity contribution in [2.75, 3.05) is 39.4 Å². The second kappa shape index (κ2) is 14.9. The lowest BCUT2D eigenvalue weighted by Gasteiger charge is -2.26. The van der Waals surface area contributed by atoms with Gasteiger partial charge in [-0.3, -0.25) is 9.69 Å². The molecule has 1 amide bonds. The third-order valence-electron chi connectivity index (χ3n) is 5.13. The third kappa shape index (κ3) is 8.97. The number of aromatic nitrogens is 1. The van der Waals surface area contributed by atoms with Crippen LogP contribution in [0.15, 0.2) is 46.9 Å². The molecular weight excluding hydrogens is 502 g/mol. The van der Waals surface area contributed by atoms with Crippen LogP contribution in [-0.4, -0.2) is 55.7 Å². The van der Waals surface area contributed by atoms with Crippen LogP contribution in [0.4, 0.5) is 0 Å². The Bertz CT molecular complexity index is 1010. The first kappa shape index (κ1) is 27.1. The SMILES string of the molecule is CC.Cc1c(/C=C/c2ccc(Cl)cc2)[nH]c2cc(Br)ccc12.O=CNCCN1CCOCC1. The van der Waals surface area contributed by atoms with Gasteiger partial charge in [0.05, 0.1) is 13.2 Å². The molecule has 2 heterocycles. The van der Waals surface area contributed by atoms with Crippen LogP contribution in [0.1, 0.15) is 30.7 Å². The van der Waals surface area contributed by atoms with Crippen LogP contribution in [0, 0.1) is 6.92 Å². The number of aryl methyl sites for hydroxylation is 1. The number of carbonyl (C=O) groups excluding carboxylic acids is 1. The van der Waals surface area contributed by atoms with E-state index in [-0.39, 0.29) is 0 Å². The van der Waals surface area contributed by atoms with Gasteiger partial charge in [0.25, 0.3) is 0 Å². The van der Waals surface area contributed by atoms with Gasteiger partial charge in [-0.2, -0.15) is 0 Å². The summed E-state index contributed by atoms with van der Waals surface area (Å²) in [5.41, 5.74) is 4.67.